The minimum atomic E-state index is -4.69. The van der Waals surface area contributed by atoms with Crippen molar-refractivity contribution >= 4 is 28.1 Å². The zero-order chi connectivity index (χ0) is 20.9. The second kappa shape index (κ2) is 7.51. The normalized spacial score (nSPS) is 19.5. The Balaban J connectivity index is 1.38. The molecule has 5 rings (SSSR count). The molecule has 2 saturated heterocycles. The Morgan fingerprint density at radius 2 is 1.93 bits per heavy atom. The average Bonchev–Trinajstić information content (AvgIpc) is 3.43. The van der Waals surface area contributed by atoms with Gasteiger partial charge in [0.1, 0.15) is 5.52 Å². The number of hydrogen-bond acceptors (Lipinski definition) is 7. The van der Waals surface area contributed by atoms with Gasteiger partial charge in [0.2, 0.25) is 0 Å². The number of aliphatic hydroxyl groups excluding tert-OH is 1. The van der Waals surface area contributed by atoms with Crippen molar-refractivity contribution in [3.63, 3.8) is 0 Å². The first-order valence-electron chi connectivity index (χ1n) is 9.97. The Labute approximate surface area is 174 Å². The number of hydrogen-bond donors (Lipinski definition) is 1. The molecule has 2 fully saturated rings. The van der Waals surface area contributed by atoms with Gasteiger partial charge >= 0.3 is 6.18 Å². The number of halogens is 3. The maximum atomic E-state index is 12.8. The van der Waals surface area contributed by atoms with Gasteiger partial charge in [0.25, 0.3) is 0 Å². The maximum absolute atomic E-state index is 12.8. The van der Waals surface area contributed by atoms with E-state index in [2.05, 4.69) is 20.1 Å². The van der Waals surface area contributed by atoms with Crippen LogP contribution in [0.25, 0.3) is 21.5 Å². The van der Waals surface area contributed by atoms with Crippen LogP contribution in [0.4, 0.5) is 18.9 Å². The predicted octanol–water partition coefficient (Wildman–Crippen LogP) is 4.08. The predicted molar refractivity (Wildman–Crippen MR) is 108 cm³/mol. The monoisotopic (exact) mass is 438 g/mol. The Morgan fingerprint density at radius 1 is 1.17 bits per heavy atom. The molecule has 3 aromatic rings. The third-order valence-electron chi connectivity index (χ3n) is 5.84. The van der Waals surface area contributed by atoms with E-state index in [9.17, 15) is 18.3 Å². The van der Waals surface area contributed by atoms with E-state index in [1.54, 1.807) is 12.1 Å². The fourth-order valence-electron chi connectivity index (χ4n) is 4.28. The standard InChI is InChI=1S/C20H21F3N4O2S/c21-20(22,23)19(28)17-4-3-16(30-17)13-7-14-18(25-29-24-14)15(8-13)27-10-12(11-27)9-26-5-1-2-6-26/h3-4,7-8,12,19,28H,1-2,5-6,9-11H2. The highest BCUT2D eigenvalue weighted by molar-refractivity contribution is 7.15. The van der Waals surface area contributed by atoms with Gasteiger partial charge < -0.3 is 14.9 Å². The maximum Gasteiger partial charge on any atom is 0.419 e. The van der Waals surface area contributed by atoms with Crippen molar-refractivity contribution in [3.8, 4) is 10.4 Å². The first-order chi connectivity index (χ1) is 14.4. The summed E-state index contributed by atoms with van der Waals surface area (Å²) in [6.45, 7) is 5.26. The minimum Gasteiger partial charge on any atom is -0.379 e. The number of aliphatic hydroxyl groups is 1. The van der Waals surface area contributed by atoms with Crippen LogP contribution < -0.4 is 4.90 Å². The van der Waals surface area contributed by atoms with E-state index in [4.69, 9.17) is 4.63 Å². The second-order valence-electron chi connectivity index (χ2n) is 8.05. The summed E-state index contributed by atoms with van der Waals surface area (Å²) in [5, 5.41) is 17.5. The van der Waals surface area contributed by atoms with Crippen molar-refractivity contribution in [2.75, 3.05) is 37.6 Å². The molecule has 160 valence electrons. The molecular weight excluding hydrogens is 417 g/mol. The fraction of sp³-hybridized carbons (Fsp3) is 0.500. The molecule has 1 aromatic carbocycles. The SMILES string of the molecule is OC(c1ccc(-c2cc(N3CC(CN4CCCC4)C3)c3nonc3c2)s1)C(F)(F)F. The van der Waals surface area contributed by atoms with E-state index in [1.807, 2.05) is 6.07 Å². The lowest BCUT2D eigenvalue weighted by atomic mass is 9.97. The van der Waals surface area contributed by atoms with Crippen LogP contribution in [-0.4, -0.2) is 59.2 Å². The molecule has 6 nitrogen and oxygen atoms in total. The fourth-order valence-corrected chi connectivity index (χ4v) is 5.29. The lowest BCUT2D eigenvalue weighted by Crippen LogP contribution is -2.51. The van der Waals surface area contributed by atoms with Crippen molar-refractivity contribution < 1.29 is 22.9 Å². The summed E-state index contributed by atoms with van der Waals surface area (Å²) in [6.07, 6.45) is -4.62. The van der Waals surface area contributed by atoms with Crippen molar-refractivity contribution in [2.24, 2.45) is 5.92 Å². The molecule has 10 heteroatoms. The van der Waals surface area contributed by atoms with Gasteiger partial charge in [0, 0.05) is 35.3 Å². The smallest absolute Gasteiger partial charge is 0.379 e. The van der Waals surface area contributed by atoms with Gasteiger partial charge in [0.15, 0.2) is 11.6 Å². The van der Waals surface area contributed by atoms with Crippen molar-refractivity contribution in [1.82, 2.24) is 15.2 Å². The van der Waals surface area contributed by atoms with Gasteiger partial charge in [-0.05, 0) is 66.1 Å². The van der Waals surface area contributed by atoms with Crippen LogP contribution >= 0.6 is 11.3 Å². The highest BCUT2D eigenvalue weighted by Gasteiger charge is 2.40. The Morgan fingerprint density at radius 3 is 2.67 bits per heavy atom. The third kappa shape index (κ3) is 3.67. The number of thiophene rings is 1. The number of fused-ring (bicyclic) bond motifs is 1. The molecule has 0 saturated carbocycles. The molecular formula is C20H21F3N4O2S. The molecule has 0 radical (unpaired) electrons. The van der Waals surface area contributed by atoms with E-state index in [0.717, 1.165) is 42.2 Å². The Kier molecular flexibility index (Phi) is 4.95. The molecule has 30 heavy (non-hydrogen) atoms. The molecule has 0 amide bonds. The van der Waals surface area contributed by atoms with Crippen molar-refractivity contribution in [2.45, 2.75) is 25.1 Å². The van der Waals surface area contributed by atoms with Crippen LogP contribution in [0.5, 0.6) is 0 Å². The topological polar surface area (TPSA) is 65.6 Å². The number of alkyl halides is 3. The number of aromatic nitrogens is 2. The number of rotatable bonds is 5. The van der Waals surface area contributed by atoms with Crippen LogP contribution in [0.1, 0.15) is 23.8 Å². The van der Waals surface area contributed by atoms with Crippen LogP contribution in [0.2, 0.25) is 0 Å². The second-order valence-corrected chi connectivity index (χ2v) is 9.17. The molecule has 0 aliphatic carbocycles. The number of anilines is 1. The summed E-state index contributed by atoms with van der Waals surface area (Å²) in [6, 6.07) is 6.60. The van der Waals surface area contributed by atoms with Crippen LogP contribution in [-0.2, 0) is 0 Å². The summed E-state index contributed by atoms with van der Waals surface area (Å²) >= 11 is 0.926. The van der Waals surface area contributed by atoms with Gasteiger partial charge in [0.05, 0.1) is 5.69 Å². The van der Waals surface area contributed by atoms with Gasteiger partial charge in [-0.3, -0.25) is 0 Å². The van der Waals surface area contributed by atoms with E-state index >= 15 is 0 Å². The summed E-state index contributed by atoms with van der Waals surface area (Å²) < 4.78 is 43.4. The summed E-state index contributed by atoms with van der Waals surface area (Å²) in [4.78, 5) is 5.22. The van der Waals surface area contributed by atoms with Gasteiger partial charge in [-0.1, -0.05) is 0 Å². The number of nitrogens with zero attached hydrogens (tertiary/aromatic N) is 4. The summed E-state index contributed by atoms with van der Waals surface area (Å²) in [5.41, 5.74) is 2.84. The molecule has 2 aliphatic rings. The van der Waals surface area contributed by atoms with Crippen LogP contribution in [0, 0.1) is 5.92 Å². The molecule has 0 bridgehead atoms. The lowest BCUT2D eigenvalue weighted by Gasteiger charge is -2.42. The van der Waals surface area contributed by atoms with Gasteiger partial charge in [-0.2, -0.15) is 13.2 Å². The molecule has 1 unspecified atom stereocenters. The minimum absolute atomic E-state index is 0.132. The lowest BCUT2D eigenvalue weighted by molar-refractivity contribution is -0.205. The molecule has 2 aliphatic heterocycles. The highest BCUT2D eigenvalue weighted by Crippen LogP contribution is 2.41. The molecule has 0 spiro atoms. The quantitative estimate of drug-likeness (QED) is 0.648. The zero-order valence-corrected chi connectivity index (χ0v) is 16.9. The molecule has 4 heterocycles. The van der Waals surface area contributed by atoms with Crippen molar-refractivity contribution in [1.29, 1.82) is 0 Å². The van der Waals surface area contributed by atoms with Gasteiger partial charge in [-0.15, -0.1) is 11.3 Å². The molecule has 2 aromatic heterocycles. The van der Waals surface area contributed by atoms with E-state index in [1.165, 1.54) is 32.0 Å². The van der Waals surface area contributed by atoms with Gasteiger partial charge in [-0.25, -0.2) is 4.63 Å². The molecule has 1 atom stereocenters. The summed E-state index contributed by atoms with van der Waals surface area (Å²) in [7, 11) is 0. The number of likely N-dealkylation sites (tertiary alicyclic amines) is 1. The molecule has 1 N–H and O–H groups in total. The Bertz CT molecular complexity index is 1040. The number of benzene rings is 1. The van der Waals surface area contributed by atoms with Crippen LogP contribution in [0.3, 0.4) is 0 Å². The first kappa shape index (κ1) is 19.8. The van der Waals surface area contributed by atoms with Crippen molar-refractivity contribution in [3.05, 3.63) is 29.1 Å². The highest BCUT2D eigenvalue weighted by atomic mass is 32.1. The van der Waals surface area contributed by atoms with E-state index in [0.29, 0.717) is 21.8 Å². The zero-order valence-electron chi connectivity index (χ0n) is 16.1. The summed E-state index contributed by atoms with van der Waals surface area (Å²) in [5.74, 6) is 0.594. The van der Waals surface area contributed by atoms with Crippen LogP contribution in [0.15, 0.2) is 28.9 Å². The average molecular weight is 438 g/mol. The van der Waals surface area contributed by atoms with E-state index in [-0.39, 0.29) is 4.88 Å². The van der Waals surface area contributed by atoms with E-state index < -0.39 is 12.3 Å². The largest absolute Gasteiger partial charge is 0.419 e. The first-order valence-corrected chi connectivity index (χ1v) is 10.8. The third-order valence-corrected chi connectivity index (χ3v) is 7.03. The Hall–Kier alpha value is -2.17.